The van der Waals surface area contributed by atoms with Crippen molar-refractivity contribution < 1.29 is 9.90 Å². The second-order valence-corrected chi connectivity index (χ2v) is 5.10. The van der Waals surface area contributed by atoms with Crippen LogP contribution in [0.1, 0.15) is 62.9 Å². The minimum Gasteiger partial charge on any atom is -0.385 e. The number of carbonyl (C=O) groups excluding carboxylic acids is 1. The lowest BCUT2D eigenvalue weighted by molar-refractivity contribution is -0.0245. The quantitative estimate of drug-likeness (QED) is 0.775. The van der Waals surface area contributed by atoms with Crippen LogP contribution in [0.3, 0.4) is 0 Å². The fraction of sp³-hybridized carbons (Fsp3) is 0.562. The summed E-state index contributed by atoms with van der Waals surface area (Å²) in [4.78, 5) is 11.4. The van der Waals surface area contributed by atoms with Gasteiger partial charge in [-0.25, -0.2) is 0 Å². The Labute approximate surface area is 110 Å². The van der Waals surface area contributed by atoms with Crippen molar-refractivity contribution in [3.63, 3.8) is 0 Å². The highest BCUT2D eigenvalue weighted by atomic mass is 16.3. The molecule has 0 aromatic heterocycles. The highest BCUT2D eigenvalue weighted by Crippen LogP contribution is 2.35. The van der Waals surface area contributed by atoms with E-state index in [-0.39, 0.29) is 11.7 Å². The summed E-state index contributed by atoms with van der Waals surface area (Å²) < 4.78 is 0. The van der Waals surface area contributed by atoms with Gasteiger partial charge in [0, 0.05) is 5.56 Å². The van der Waals surface area contributed by atoms with Gasteiger partial charge >= 0.3 is 0 Å². The van der Waals surface area contributed by atoms with Gasteiger partial charge in [0.05, 0.1) is 5.60 Å². The number of hydrogen-bond acceptors (Lipinski definition) is 2. The van der Waals surface area contributed by atoms with Gasteiger partial charge in [0.2, 0.25) is 0 Å². The molecule has 0 bridgehead atoms. The lowest BCUT2D eigenvalue weighted by atomic mass is 9.77. The molecular formula is C16H24O2. The van der Waals surface area contributed by atoms with Gasteiger partial charge in [-0.2, -0.15) is 0 Å². The third-order valence-corrected chi connectivity index (χ3v) is 3.84. The molecule has 1 unspecified atom stereocenters. The molecule has 0 aliphatic carbocycles. The van der Waals surface area contributed by atoms with Crippen LogP contribution >= 0.6 is 0 Å². The zero-order valence-electron chi connectivity index (χ0n) is 11.9. The fourth-order valence-electron chi connectivity index (χ4n) is 2.52. The largest absolute Gasteiger partial charge is 0.385 e. The molecule has 100 valence electrons. The third kappa shape index (κ3) is 2.99. The monoisotopic (exact) mass is 248 g/mol. The number of rotatable bonds is 6. The van der Waals surface area contributed by atoms with Gasteiger partial charge < -0.3 is 5.11 Å². The van der Waals surface area contributed by atoms with E-state index in [1.165, 1.54) is 0 Å². The van der Waals surface area contributed by atoms with E-state index in [0.717, 1.165) is 18.4 Å². The van der Waals surface area contributed by atoms with E-state index in [9.17, 15) is 9.90 Å². The van der Waals surface area contributed by atoms with Crippen LogP contribution in [0.5, 0.6) is 0 Å². The van der Waals surface area contributed by atoms with E-state index in [2.05, 4.69) is 13.8 Å². The SMILES string of the molecule is CCC[C@H](C)C(O)(CC)c1cccc(C(C)=O)c1. The smallest absolute Gasteiger partial charge is 0.159 e. The molecular weight excluding hydrogens is 224 g/mol. The maximum Gasteiger partial charge on any atom is 0.159 e. The molecule has 0 radical (unpaired) electrons. The summed E-state index contributed by atoms with van der Waals surface area (Å²) >= 11 is 0. The number of Topliss-reactive ketones (excluding diaryl/α,β-unsaturated/α-hetero) is 1. The molecule has 1 N–H and O–H groups in total. The summed E-state index contributed by atoms with van der Waals surface area (Å²) in [6.45, 7) is 7.75. The minimum absolute atomic E-state index is 0.0402. The Morgan fingerprint density at radius 1 is 1.39 bits per heavy atom. The van der Waals surface area contributed by atoms with Crippen molar-refractivity contribution in [2.45, 2.75) is 52.6 Å². The molecule has 2 heteroatoms. The lowest BCUT2D eigenvalue weighted by Gasteiger charge is -2.34. The minimum atomic E-state index is -0.832. The number of aliphatic hydroxyl groups is 1. The summed E-state index contributed by atoms with van der Waals surface area (Å²) in [5.74, 6) is 0.230. The van der Waals surface area contributed by atoms with Crippen LogP contribution in [0.4, 0.5) is 0 Å². The van der Waals surface area contributed by atoms with Crippen LogP contribution in [0.15, 0.2) is 24.3 Å². The van der Waals surface area contributed by atoms with Crippen LogP contribution in [0.25, 0.3) is 0 Å². The molecule has 0 aliphatic rings. The highest BCUT2D eigenvalue weighted by molar-refractivity contribution is 5.94. The average Bonchev–Trinajstić information content (AvgIpc) is 2.38. The van der Waals surface area contributed by atoms with E-state index >= 15 is 0 Å². The number of carbonyl (C=O) groups is 1. The summed E-state index contributed by atoms with van der Waals surface area (Å²) in [5, 5.41) is 10.9. The van der Waals surface area contributed by atoms with Crippen molar-refractivity contribution in [1.82, 2.24) is 0 Å². The third-order valence-electron chi connectivity index (χ3n) is 3.84. The van der Waals surface area contributed by atoms with Crippen LogP contribution in [-0.2, 0) is 5.60 Å². The Kier molecular flexibility index (Phi) is 5.09. The highest BCUT2D eigenvalue weighted by Gasteiger charge is 2.33. The van der Waals surface area contributed by atoms with Crippen molar-refractivity contribution in [3.8, 4) is 0 Å². The van der Waals surface area contributed by atoms with Gasteiger partial charge in [-0.05, 0) is 37.3 Å². The first-order valence-electron chi connectivity index (χ1n) is 6.79. The first-order valence-corrected chi connectivity index (χ1v) is 6.79. The molecule has 0 spiro atoms. The molecule has 1 aromatic carbocycles. The maximum absolute atomic E-state index is 11.4. The number of benzene rings is 1. The van der Waals surface area contributed by atoms with Crippen LogP contribution < -0.4 is 0 Å². The molecule has 1 aromatic rings. The molecule has 0 aliphatic heterocycles. The van der Waals surface area contributed by atoms with E-state index < -0.39 is 5.60 Å². The summed E-state index contributed by atoms with van der Waals surface area (Å²) in [7, 11) is 0. The summed E-state index contributed by atoms with van der Waals surface area (Å²) in [6.07, 6.45) is 2.69. The van der Waals surface area contributed by atoms with Crippen molar-refractivity contribution in [2.24, 2.45) is 5.92 Å². The molecule has 0 amide bonds. The predicted octanol–water partition coefficient (Wildman–Crippen LogP) is 3.92. The van der Waals surface area contributed by atoms with Gasteiger partial charge in [-0.1, -0.05) is 45.4 Å². The van der Waals surface area contributed by atoms with Crippen LogP contribution in [0, 0.1) is 5.92 Å². The van der Waals surface area contributed by atoms with Crippen molar-refractivity contribution in [3.05, 3.63) is 35.4 Å². The first-order chi connectivity index (χ1) is 8.45. The Morgan fingerprint density at radius 2 is 2.06 bits per heavy atom. The number of ketones is 1. The van der Waals surface area contributed by atoms with E-state index in [1.807, 2.05) is 25.1 Å². The second kappa shape index (κ2) is 6.14. The Hall–Kier alpha value is -1.15. The van der Waals surface area contributed by atoms with Gasteiger partial charge in [0.25, 0.3) is 0 Å². The topological polar surface area (TPSA) is 37.3 Å². The molecule has 1 rings (SSSR count). The van der Waals surface area contributed by atoms with Gasteiger partial charge in [0.15, 0.2) is 5.78 Å². The summed E-state index contributed by atoms with van der Waals surface area (Å²) in [6, 6.07) is 7.40. The van der Waals surface area contributed by atoms with Gasteiger partial charge in [0.1, 0.15) is 0 Å². The Morgan fingerprint density at radius 3 is 2.56 bits per heavy atom. The molecule has 0 fully saturated rings. The zero-order chi connectivity index (χ0) is 13.8. The summed E-state index contributed by atoms with van der Waals surface area (Å²) in [5.41, 5.74) is 0.697. The van der Waals surface area contributed by atoms with Crippen molar-refractivity contribution >= 4 is 5.78 Å². The van der Waals surface area contributed by atoms with Crippen LogP contribution in [-0.4, -0.2) is 10.9 Å². The van der Waals surface area contributed by atoms with E-state index in [1.54, 1.807) is 13.0 Å². The zero-order valence-corrected chi connectivity index (χ0v) is 11.9. The molecule has 2 nitrogen and oxygen atoms in total. The predicted molar refractivity (Wildman–Crippen MR) is 74.7 cm³/mol. The molecule has 2 atom stereocenters. The first kappa shape index (κ1) is 14.9. The van der Waals surface area contributed by atoms with E-state index in [4.69, 9.17) is 0 Å². The Balaban J connectivity index is 3.15. The van der Waals surface area contributed by atoms with Gasteiger partial charge in [-0.15, -0.1) is 0 Å². The van der Waals surface area contributed by atoms with E-state index in [0.29, 0.717) is 12.0 Å². The molecule has 0 saturated carbocycles. The standard InChI is InChI=1S/C16H24O2/c1-5-8-12(3)16(18,6-2)15-10-7-9-14(11-15)13(4)17/h7,9-12,18H,5-6,8H2,1-4H3/t12-,16?/m0/s1. The molecule has 0 heterocycles. The fourth-order valence-corrected chi connectivity index (χ4v) is 2.52. The average molecular weight is 248 g/mol. The van der Waals surface area contributed by atoms with Crippen molar-refractivity contribution in [1.29, 1.82) is 0 Å². The Bertz CT molecular complexity index is 411. The van der Waals surface area contributed by atoms with Gasteiger partial charge in [-0.3, -0.25) is 4.79 Å². The molecule has 0 saturated heterocycles. The molecule has 18 heavy (non-hydrogen) atoms. The second-order valence-electron chi connectivity index (χ2n) is 5.10. The maximum atomic E-state index is 11.4. The lowest BCUT2D eigenvalue weighted by Crippen LogP contribution is -2.33. The normalized spacial score (nSPS) is 16.1. The number of hydrogen-bond donors (Lipinski definition) is 1. The van der Waals surface area contributed by atoms with Crippen molar-refractivity contribution in [2.75, 3.05) is 0 Å². The van der Waals surface area contributed by atoms with Crippen LogP contribution in [0.2, 0.25) is 0 Å².